The molecule has 1 saturated heterocycles. The number of amides is 3. The second-order valence-corrected chi connectivity index (χ2v) is 9.80. The molecule has 0 spiro atoms. The molecule has 1 heterocycles. The molecular formula is C26H28N2O5. The van der Waals surface area contributed by atoms with E-state index in [1.807, 2.05) is 36.4 Å². The standard InChI is InChI=1S/C26H28N2O5/c1-14(2)23(28-24(30)21-16-10-11-17(12-16)22(21)25(28)31)26(32)33-13-20(29)27-19-9-5-7-15-6-3-4-8-18(15)19/h3-9,14,16-17,21-23H,10-13H2,1-2H3,(H,27,29)/t16-,17-,21-,22+,23-/m0/s1. The van der Waals surface area contributed by atoms with E-state index in [1.165, 1.54) is 0 Å². The van der Waals surface area contributed by atoms with Crippen LogP contribution in [0, 0.1) is 29.6 Å². The van der Waals surface area contributed by atoms with Crippen molar-refractivity contribution in [3.8, 4) is 0 Å². The van der Waals surface area contributed by atoms with E-state index in [2.05, 4.69) is 5.32 Å². The van der Waals surface area contributed by atoms with Gasteiger partial charge in [0.05, 0.1) is 11.8 Å². The number of hydrogen-bond acceptors (Lipinski definition) is 5. The second-order valence-electron chi connectivity index (χ2n) is 9.80. The maximum absolute atomic E-state index is 13.2. The van der Waals surface area contributed by atoms with E-state index >= 15 is 0 Å². The van der Waals surface area contributed by atoms with E-state index in [1.54, 1.807) is 19.9 Å². The van der Waals surface area contributed by atoms with Crippen LogP contribution < -0.4 is 5.32 Å². The molecule has 7 nitrogen and oxygen atoms in total. The molecule has 2 bridgehead atoms. The largest absolute Gasteiger partial charge is 0.454 e. The number of nitrogens with zero attached hydrogens (tertiary/aromatic N) is 1. The van der Waals surface area contributed by atoms with Gasteiger partial charge in [0.25, 0.3) is 5.91 Å². The van der Waals surface area contributed by atoms with Crippen molar-refractivity contribution in [3.63, 3.8) is 0 Å². The summed E-state index contributed by atoms with van der Waals surface area (Å²) in [5, 5.41) is 4.65. The first-order valence-electron chi connectivity index (χ1n) is 11.7. The molecule has 0 aromatic heterocycles. The number of ether oxygens (including phenoxy) is 1. The zero-order valence-electron chi connectivity index (χ0n) is 18.8. The number of carbonyl (C=O) groups is 4. The summed E-state index contributed by atoms with van der Waals surface area (Å²) in [6.07, 6.45) is 2.89. The van der Waals surface area contributed by atoms with Crippen LogP contribution >= 0.6 is 0 Å². The van der Waals surface area contributed by atoms with Crippen molar-refractivity contribution in [2.24, 2.45) is 29.6 Å². The number of nitrogens with one attached hydrogen (secondary N) is 1. The number of benzene rings is 2. The average Bonchev–Trinajstić information content (AvgIpc) is 3.48. The summed E-state index contributed by atoms with van der Waals surface area (Å²) in [6.45, 7) is 3.08. The first-order valence-corrected chi connectivity index (χ1v) is 11.7. The molecule has 172 valence electrons. The molecule has 2 saturated carbocycles. The van der Waals surface area contributed by atoms with Gasteiger partial charge in [0.15, 0.2) is 6.61 Å². The highest BCUT2D eigenvalue weighted by Gasteiger charge is 2.62. The number of fused-ring (bicyclic) bond motifs is 6. The first-order chi connectivity index (χ1) is 15.9. The normalized spacial score (nSPS) is 26.7. The molecule has 0 unspecified atom stereocenters. The van der Waals surface area contributed by atoms with Gasteiger partial charge in [-0.25, -0.2) is 4.79 Å². The molecule has 7 heteroatoms. The molecule has 5 atom stereocenters. The summed E-state index contributed by atoms with van der Waals surface area (Å²) in [5.74, 6) is -2.08. The fourth-order valence-electron chi connectivity index (χ4n) is 6.12. The van der Waals surface area contributed by atoms with Gasteiger partial charge in [-0.3, -0.25) is 19.3 Å². The van der Waals surface area contributed by atoms with Crippen LogP contribution in [0.5, 0.6) is 0 Å². The molecule has 3 aliphatic rings. The molecule has 2 aromatic carbocycles. The number of rotatable bonds is 6. The Morgan fingerprint density at radius 1 is 1.00 bits per heavy atom. The maximum atomic E-state index is 13.2. The Kier molecular flexibility index (Phi) is 5.43. The Morgan fingerprint density at radius 3 is 2.30 bits per heavy atom. The van der Waals surface area contributed by atoms with Gasteiger partial charge < -0.3 is 10.1 Å². The van der Waals surface area contributed by atoms with Gasteiger partial charge in [0, 0.05) is 11.1 Å². The summed E-state index contributed by atoms with van der Waals surface area (Å²) >= 11 is 0. The van der Waals surface area contributed by atoms with Crippen molar-refractivity contribution in [2.45, 2.75) is 39.2 Å². The van der Waals surface area contributed by atoms with Gasteiger partial charge in [-0.05, 0) is 48.5 Å². The molecule has 33 heavy (non-hydrogen) atoms. The van der Waals surface area contributed by atoms with Crippen LogP contribution in [0.2, 0.25) is 0 Å². The minimum absolute atomic E-state index is 0.243. The summed E-state index contributed by atoms with van der Waals surface area (Å²) in [5.41, 5.74) is 0.628. The number of likely N-dealkylation sites (tertiary alicyclic amines) is 1. The lowest BCUT2D eigenvalue weighted by Gasteiger charge is -2.28. The van der Waals surface area contributed by atoms with Gasteiger partial charge in [-0.2, -0.15) is 0 Å². The molecular weight excluding hydrogens is 420 g/mol. The van der Waals surface area contributed by atoms with Crippen molar-refractivity contribution in [1.29, 1.82) is 0 Å². The number of carbonyl (C=O) groups excluding carboxylic acids is 4. The minimum atomic E-state index is -1.01. The van der Waals surface area contributed by atoms with Crippen LogP contribution in [0.1, 0.15) is 33.1 Å². The second kappa shape index (κ2) is 8.28. The van der Waals surface area contributed by atoms with Crippen LogP contribution in [0.25, 0.3) is 10.8 Å². The van der Waals surface area contributed by atoms with Crippen LogP contribution in [0.3, 0.4) is 0 Å². The predicted octanol–water partition coefficient (Wildman–Crippen LogP) is 3.38. The summed E-state index contributed by atoms with van der Waals surface area (Å²) < 4.78 is 5.31. The number of imide groups is 1. The monoisotopic (exact) mass is 448 g/mol. The summed E-state index contributed by atoms with van der Waals surface area (Å²) in [4.78, 5) is 53.0. The van der Waals surface area contributed by atoms with Crippen molar-refractivity contribution in [3.05, 3.63) is 42.5 Å². The average molecular weight is 449 g/mol. The topological polar surface area (TPSA) is 92.8 Å². The lowest BCUT2D eigenvalue weighted by Crippen LogP contribution is -2.50. The minimum Gasteiger partial charge on any atom is -0.454 e. The van der Waals surface area contributed by atoms with Crippen LogP contribution in [-0.2, 0) is 23.9 Å². The first kappa shape index (κ1) is 21.6. The Hall–Kier alpha value is -3.22. The van der Waals surface area contributed by atoms with Crippen molar-refractivity contribution in [2.75, 3.05) is 11.9 Å². The van der Waals surface area contributed by atoms with Crippen LogP contribution in [-0.4, -0.2) is 41.2 Å². The number of anilines is 1. The molecule has 2 aliphatic carbocycles. The van der Waals surface area contributed by atoms with Gasteiger partial charge in [-0.1, -0.05) is 50.2 Å². The third kappa shape index (κ3) is 3.59. The molecule has 0 radical (unpaired) electrons. The van der Waals surface area contributed by atoms with Gasteiger partial charge in [-0.15, -0.1) is 0 Å². The third-order valence-electron chi connectivity index (χ3n) is 7.52. The highest BCUT2D eigenvalue weighted by molar-refractivity contribution is 6.09. The SMILES string of the molecule is CC(C)[C@@H](C(=O)OCC(=O)Nc1cccc2ccccc12)N1C(=O)[C@@H]2[C@H]3CC[C@@H](C3)[C@@H]2C1=O. The number of esters is 1. The smallest absolute Gasteiger partial charge is 0.330 e. The fourth-order valence-corrected chi connectivity index (χ4v) is 6.12. The summed E-state index contributed by atoms with van der Waals surface area (Å²) in [6, 6.07) is 12.2. The van der Waals surface area contributed by atoms with E-state index in [4.69, 9.17) is 4.74 Å². The Balaban J connectivity index is 1.26. The lowest BCUT2D eigenvalue weighted by atomic mass is 9.81. The Morgan fingerprint density at radius 2 is 1.64 bits per heavy atom. The molecule has 5 rings (SSSR count). The zero-order chi connectivity index (χ0) is 23.3. The predicted molar refractivity (Wildman–Crippen MR) is 122 cm³/mol. The highest BCUT2D eigenvalue weighted by atomic mass is 16.5. The van der Waals surface area contributed by atoms with Crippen molar-refractivity contribution >= 4 is 40.2 Å². The quantitative estimate of drug-likeness (QED) is 0.540. The fraction of sp³-hybridized carbons (Fsp3) is 0.462. The van der Waals surface area contributed by atoms with Crippen molar-refractivity contribution < 1.29 is 23.9 Å². The van der Waals surface area contributed by atoms with Gasteiger partial charge in [0.1, 0.15) is 6.04 Å². The maximum Gasteiger partial charge on any atom is 0.330 e. The Labute approximate surface area is 192 Å². The Bertz CT molecular complexity index is 1110. The van der Waals surface area contributed by atoms with Crippen LogP contribution in [0.4, 0.5) is 5.69 Å². The zero-order valence-corrected chi connectivity index (χ0v) is 18.8. The molecule has 1 aliphatic heterocycles. The van der Waals surface area contributed by atoms with E-state index in [0.717, 1.165) is 34.9 Å². The van der Waals surface area contributed by atoms with E-state index < -0.39 is 24.5 Å². The summed E-state index contributed by atoms with van der Waals surface area (Å²) in [7, 11) is 0. The third-order valence-corrected chi connectivity index (χ3v) is 7.52. The van der Waals surface area contributed by atoms with Crippen LogP contribution in [0.15, 0.2) is 42.5 Å². The van der Waals surface area contributed by atoms with E-state index in [0.29, 0.717) is 5.69 Å². The van der Waals surface area contributed by atoms with Gasteiger partial charge >= 0.3 is 5.97 Å². The van der Waals surface area contributed by atoms with Gasteiger partial charge in [0.2, 0.25) is 11.8 Å². The molecule has 3 fully saturated rings. The molecule has 3 amide bonds. The molecule has 1 N–H and O–H groups in total. The highest BCUT2D eigenvalue weighted by Crippen LogP contribution is 2.56. The van der Waals surface area contributed by atoms with E-state index in [-0.39, 0.29) is 41.4 Å². The van der Waals surface area contributed by atoms with E-state index in [9.17, 15) is 19.2 Å². The lowest BCUT2D eigenvalue weighted by molar-refractivity contribution is -0.162. The number of hydrogen-bond donors (Lipinski definition) is 1. The van der Waals surface area contributed by atoms with Crippen molar-refractivity contribution in [1.82, 2.24) is 4.90 Å². The molecule has 2 aromatic rings.